The molecule has 122 valence electrons. The molecule has 6 heteroatoms. The second-order valence-electron chi connectivity index (χ2n) is 4.54. The zero-order chi connectivity index (χ0) is 16.7. The number of benzene rings is 2. The van der Waals surface area contributed by atoms with E-state index >= 15 is 0 Å². The molecule has 0 aliphatic heterocycles. The molecule has 0 aromatic heterocycles. The molecule has 0 unspecified atom stereocenters. The lowest BCUT2D eigenvalue weighted by Crippen LogP contribution is -2.10. The van der Waals surface area contributed by atoms with E-state index in [0.29, 0.717) is 21.9 Å². The topological polar surface area (TPSA) is 54.0 Å². The van der Waals surface area contributed by atoms with Gasteiger partial charge in [-0.05, 0) is 24.3 Å². The molecule has 0 fully saturated rings. The van der Waals surface area contributed by atoms with Gasteiger partial charge < -0.3 is 18.9 Å². The van der Waals surface area contributed by atoms with E-state index in [2.05, 4.69) is 0 Å². The molecular weight excluding hydrogens is 320 g/mol. The van der Waals surface area contributed by atoms with Gasteiger partial charge in [-0.2, -0.15) is 0 Å². The number of carbonyl (C=O) groups excluding carboxylic acids is 1. The highest BCUT2D eigenvalue weighted by Crippen LogP contribution is 2.32. The van der Waals surface area contributed by atoms with Crippen molar-refractivity contribution in [2.24, 2.45) is 0 Å². The number of carbonyl (C=O) groups is 1. The fourth-order valence-electron chi connectivity index (χ4n) is 2.00. The van der Waals surface area contributed by atoms with E-state index < -0.39 is 0 Å². The van der Waals surface area contributed by atoms with Crippen LogP contribution < -0.4 is 9.47 Å². The average Bonchev–Trinajstić information content (AvgIpc) is 2.58. The molecule has 2 rings (SSSR count). The quantitative estimate of drug-likeness (QED) is 0.545. The SMILES string of the molecule is COCOc1ccccc1C(=O)c1cccc(Cl)c1OCOC. The Balaban J connectivity index is 2.39. The summed E-state index contributed by atoms with van der Waals surface area (Å²) in [5.74, 6) is 0.449. The predicted molar refractivity (Wildman–Crippen MR) is 86.3 cm³/mol. The van der Waals surface area contributed by atoms with Crippen LogP contribution in [0.2, 0.25) is 5.02 Å². The van der Waals surface area contributed by atoms with Gasteiger partial charge in [0, 0.05) is 14.2 Å². The molecule has 0 heterocycles. The number of para-hydroxylation sites is 2. The Labute approximate surface area is 139 Å². The maximum atomic E-state index is 12.9. The van der Waals surface area contributed by atoms with Gasteiger partial charge in [-0.3, -0.25) is 4.79 Å². The summed E-state index contributed by atoms with van der Waals surface area (Å²) in [5, 5.41) is 0.336. The molecule has 5 nitrogen and oxygen atoms in total. The lowest BCUT2D eigenvalue weighted by molar-refractivity contribution is 0.0495. The summed E-state index contributed by atoms with van der Waals surface area (Å²) < 4.78 is 20.6. The standard InChI is InChI=1S/C17H17ClO5/c1-20-10-22-15-9-4-3-6-12(15)16(19)13-7-5-8-14(18)17(13)23-11-21-2/h3-9H,10-11H2,1-2H3. The minimum atomic E-state index is -0.259. The summed E-state index contributed by atoms with van der Waals surface area (Å²) in [6.07, 6.45) is 0. The Bertz CT molecular complexity index is 672. The van der Waals surface area contributed by atoms with E-state index in [1.54, 1.807) is 42.5 Å². The smallest absolute Gasteiger partial charge is 0.200 e. The number of ether oxygens (including phenoxy) is 4. The van der Waals surface area contributed by atoms with E-state index in [1.165, 1.54) is 14.2 Å². The molecule has 2 aromatic rings. The van der Waals surface area contributed by atoms with Crippen LogP contribution in [0.15, 0.2) is 42.5 Å². The number of rotatable bonds is 8. The summed E-state index contributed by atoms with van der Waals surface area (Å²) in [6, 6.07) is 11.9. The predicted octanol–water partition coefficient (Wildman–Crippen LogP) is 3.54. The average molecular weight is 337 g/mol. The monoisotopic (exact) mass is 336 g/mol. The summed E-state index contributed by atoms with van der Waals surface area (Å²) in [6.45, 7) is 0.0404. The molecule has 0 bridgehead atoms. The number of hydrogen-bond acceptors (Lipinski definition) is 5. The third kappa shape index (κ3) is 4.22. The lowest BCUT2D eigenvalue weighted by Gasteiger charge is -2.14. The molecule has 2 aromatic carbocycles. The van der Waals surface area contributed by atoms with Gasteiger partial charge in [-0.15, -0.1) is 0 Å². The van der Waals surface area contributed by atoms with Crippen molar-refractivity contribution >= 4 is 17.4 Å². The first-order valence-electron chi connectivity index (χ1n) is 6.84. The second-order valence-corrected chi connectivity index (χ2v) is 4.95. The van der Waals surface area contributed by atoms with Crippen LogP contribution in [-0.4, -0.2) is 33.6 Å². The molecule has 0 saturated heterocycles. The van der Waals surface area contributed by atoms with Crippen molar-refractivity contribution in [3.05, 3.63) is 58.6 Å². The van der Waals surface area contributed by atoms with Crippen molar-refractivity contribution in [3.63, 3.8) is 0 Å². The third-order valence-electron chi connectivity index (χ3n) is 3.00. The fraction of sp³-hybridized carbons (Fsp3) is 0.235. The molecule has 0 atom stereocenters. The molecule has 0 radical (unpaired) electrons. The zero-order valence-corrected chi connectivity index (χ0v) is 13.6. The summed E-state index contributed by atoms with van der Waals surface area (Å²) in [4.78, 5) is 12.9. The molecule has 0 aliphatic carbocycles. The van der Waals surface area contributed by atoms with Gasteiger partial charge in [0.2, 0.25) is 5.78 Å². The van der Waals surface area contributed by atoms with Gasteiger partial charge in [0.05, 0.1) is 16.1 Å². The Morgan fingerprint density at radius 1 is 0.913 bits per heavy atom. The fourth-order valence-corrected chi connectivity index (χ4v) is 2.23. The largest absolute Gasteiger partial charge is 0.467 e. The highest BCUT2D eigenvalue weighted by Gasteiger charge is 2.20. The maximum absolute atomic E-state index is 12.9. The Morgan fingerprint density at radius 3 is 2.30 bits per heavy atom. The van der Waals surface area contributed by atoms with Crippen LogP contribution in [-0.2, 0) is 9.47 Å². The first kappa shape index (κ1) is 17.3. The van der Waals surface area contributed by atoms with Gasteiger partial charge >= 0.3 is 0 Å². The van der Waals surface area contributed by atoms with Crippen LogP contribution >= 0.6 is 11.6 Å². The molecule has 0 saturated carbocycles. The molecular formula is C17H17ClO5. The number of halogens is 1. The maximum Gasteiger partial charge on any atom is 0.200 e. The van der Waals surface area contributed by atoms with E-state index in [4.69, 9.17) is 30.5 Å². The number of ketones is 1. The minimum absolute atomic E-state index is 0.00810. The van der Waals surface area contributed by atoms with Gasteiger partial charge in [0.15, 0.2) is 19.3 Å². The number of methoxy groups -OCH3 is 2. The number of hydrogen-bond donors (Lipinski definition) is 0. The van der Waals surface area contributed by atoms with Crippen molar-refractivity contribution in [2.45, 2.75) is 0 Å². The van der Waals surface area contributed by atoms with Crippen LogP contribution in [0.5, 0.6) is 11.5 Å². The summed E-state index contributed by atoms with van der Waals surface area (Å²) in [7, 11) is 3.00. The minimum Gasteiger partial charge on any atom is -0.467 e. The van der Waals surface area contributed by atoms with Crippen LogP contribution in [0.3, 0.4) is 0 Å². The summed E-state index contributed by atoms with van der Waals surface area (Å²) in [5.41, 5.74) is 0.733. The van der Waals surface area contributed by atoms with Crippen LogP contribution in [0.4, 0.5) is 0 Å². The Kier molecular flexibility index (Phi) is 6.40. The van der Waals surface area contributed by atoms with Gasteiger partial charge in [-0.1, -0.05) is 29.8 Å². The Morgan fingerprint density at radius 2 is 1.57 bits per heavy atom. The van der Waals surface area contributed by atoms with E-state index in [-0.39, 0.29) is 25.1 Å². The molecule has 0 spiro atoms. The van der Waals surface area contributed by atoms with E-state index in [0.717, 1.165) is 0 Å². The lowest BCUT2D eigenvalue weighted by atomic mass is 10.0. The molecule has 23 heavy (non-hydrogen) atoms. The van der Waals surface area contributed by atoms with Crippen molar-refractivity contribution in [1.29, 1.82) is 0 Å². The zero-order valence-electron chi connectivity index (χ0n) is 12.9. The second kappa shape index (κ2) is 8.53. The van der Waals surface area contributed by atoms with Crippen molar-refractivity contribution < 1.29 is 23.7 Å². The van der Waals surface area contributed by atoms with E-state index in [9.17, 15) is 4.79 Å². The third-order valence-corrected chi connectivity index (χ3v) is 3.29. The van der Waals surface area contributed by atoms with Gasteiger partial charge in [0.1, 0.15) is 5.75 Å². The highest BCUT2D eigenvalue weighted by molar-refractivity contribution is 6.33. The first-order valence-corrected chi connectivity index (χ1v) is 7.22. The van der Waals surface area contributed by atoms with Crippen LogP contribution in [0.1, 0.15) is 15.9 Å². The van der Waals surface area contributed by atoms with E-state index in [1.807, 2.05) is 0 Å². The van der Waals surface area contributed by atoms with Crippen molar-refractivity contribution in [3.8, 4) is 11.5 Å². The molecule has 0 N–H and O–H groups in total. The van der Waals surface area contributed by atoms with Crippen molar-refractivity contribution in [1.82, 2.24) is 0 Å². The van der Waals surface area contributed by atoms with Crippen LogP contribution in [0, 0.1) is 0 Å². The molecule has 0 aliphatic rings. The highest BCUT2D eigenvalue weighted by atomic mass is 35.5. The normalized spacial score (nSPS) is 10.4. The van der Waals surface area contributed by atoms with Crippen molar-refractivity contribution in [2.75, 3.05) is 27.8 Å². The van der Waals surface area contributed by atoms with Gasteiger partial charge in [-0.25, -0.2) is 0 Å². The molecule has 0 amide bonds. The summed E-state index contributed by atoms with van der Waals surface area (Å²) >= 11 is 6.14. The first-order chi connectivity index (χ1) is 11.2. The van der Waals surface area contributed by atoms with Gasteiger partial charge in [0.25, 0.3) is 0 Å². The Hall–Kier alpha value is -2.08. The van der Waals surface area contributed by atoms with Crippen LogP contribution in [0.25, 0.3) is 0 Å².